The van der Waals surface area contributed by atoms with E-state index < -0.39 is 23.3 Å². The van der Waals surface area contributed by atoms with Gasteiger partial charge in [0, 0.05) is 23.5 Å². The molecule has 2 rings (SSSR count). The van der Waals surface area contributed by atoms with Crippen molar-refractivity contribution in [3.8, 4) is 5.95 Å². The fourth-order valence-electron chi connectivity index (χ4n) is 1.35. The fraction of sp³-hybridized carbons (Fsp3) is 0.111. The van der Waals surface area contributed by atoms with Gasteiger partial charge in [0.15, 0.2) is 5.69 Å². The lowest BCUT2D eigenvalue weighted by Gasteiger charge is -2.02. The molecule has 0 N–H and O–H groups in total. The van der Waals surface area contributed by atoms with Gasteiger partial charge in [-0.2, -0.15) is 18.3 Å². The van der Waals surface area contributed by atoms with Gasteiger partial charge in [0.25, 0.3) is 5.91 Å². The number of hydrogen-bond acceptors (Lipinski definition) is 4. The highest BCUT2D eigenvalue weighted by Crippen LogP contribution is 2.31. The monoisotopic (exact) mass is 283 g/mol. The summed E-state index contributed by atoms with van der Waals surface area (Å²) in [6, 6.07) is 1.46. The second-order valence-corrected chi connectivity index (χ2v) is 3.38. The lowest BCUT2D eigenvalue weighted by molar-refractivity contribution is -0.141. The molecule has 0 aliphatic rings. The van der Waals surface area contributed by atoms with Crippen molar-refractivity contribution in [3.63, 3.8) is 0 Å². The molecule has 20 heavy (non-hydrogen) atoms. The third kappa shape index (κ3) is 2.57. The number of nitrogens with zero attached hydrogens (tertiary/aromatic N) is 7. The van der Waals surface area contributed by atoms with Gasteiger partial charge in [0.2, 0.25) is 5.95 Å². The van der Waals surface area contributed by atoms with Crippen LogP contribution in [0.15, 0.2) is 29.8 Å². The average molecular weight is 283 g/mol. The van der Waals surface area contributed by atoms with Gasteiger partial charge >= 0.3 is 6.18 Å². The minimum absolute atomic E-state index is 0.155. The first-order valence-electron chi connectivity index (χ1n) is 4.97. The van der Waals surface area contributed by atoms with Gasteiger partial charge in [-0.15, -0.1) is 0 Å². The number of rotatable bonds is 2. The van der Waals surface area contributed by atoms with E-state index in [0.29, 0.717) is 4.68 Å². The summed E-state index contributed by atoms with van der Waals surface area (Å²) >= 11 is 0. The number of alkyl halides is 3. The molecule has 2 aromatic rings. The number of halogens is 3. The third-order valence-corrected chi connectivity index (χ3v) is 2.11. The normalized spacial score (nSPS) is 10.9. The van der Waals surface area contributed by atoms with E-state index in [0.717, 1.165) is 6.20 Å². The first-order valence-corrected chi connectivity index (χ1v) is 4.97. The quantitative estimate of drug-likeness (QED) is 0.477. The Morgan fingerprint density at radius 2 is 2.00 bits per heavy atom. The van der Waals surface area contributed by atoms with E-state index in [4.69, 9.17) is 5.53 Å². The molecule has 0 saturated carbocycles. The number of hydrogen-bond donors (Lipinski definition) is 0. The van der Waals surface area contributed by atoms with E-state index in [1.54, 1.807) is 0 Å². The van der Waals surface area contributed by atoms with E-state index in [1.165, 1.54) is 18.5 Å². The van der Waals surface area contributed by atoms with Crippen molar-refractivity contribution in [1.29, 1.82) is 0 Å². The summed E-state index contributed by atoms with van der Waals surface area (Å²) in [5.41, 5.74) is 5.78. The molecule has 0 radical (unpaired) electrons. The van der Waals surface area contributed by atoms with Gasteiger partial charge in [0.05, 0.1) is 5.56 Å². The topological polar surface area (TPSA) is 109 Å². The Balaban J connectivity index is 2.59. The van der Waals surface area contributed by atoms with Crippen LogP contribution in [-0.4, -0.2) is 25.7 Å². The van der Waals surface area contributed by atoms with E-state index in [-0.39, 0.29) is 5.95 Å². The van der Waals surface area contributed by atoms with Gasteiger partial charge in [-0.1, -0.05) is 0 Å². The zero-order valence-electron chi connectivity index (χ0n) is 9.48. The van der Waals surface area contributed by atoms with Crippen LogP contribution in [0.25, 0.3) is 16.4 Å². The molecular weight excluding hydrogens is 279 g/mol. The van der Waals surface area contributed by atoms with E-state index in [1.807, 2.05) is 0 Å². The van der Waals surface area contributed by atoms with Gasteiger partial charge in [0.1, 0.15) is 0 Å². The number of carbonyl (C=O) groups is 1. The fourth-order valence-corrected chi connectivity index (χ4v) is 1.35. The summed E-state index contributed by atoms with van der Waals surface area (Å²) in [5, 5.41) is 5.84. The Morgan fingerprint density at radius 3 is 2.55 bits per heavy atom. The van der Waals surface area contributed by atoms with Gasteiger partial charge in [-0.3, -0.25) is 4.79 Å². The minimum Gasteiger partial charge on any atom is -0.287 e. The smallest absolute Gasteiger partial charge is 0.287 e. The molecule has 1 amide bonds. The molecule has 2 aromatic heterocycles. The Bertz CT molecular complexity index is 687. The molecular formula is C9H4F3N7O. The van der Waals surface area contributed by atoms with Crippen LogP contribution in [-0.2, 0) is 6.18 Å². The lowest BCUT2D eigenvalue weighted by Crippen LogP contribution is -2.11. The Hall–Kier alpha value is -2.94. The van der Waals surface area contributed by atoms with Crippen LogP contribution in [0.5, 0.6) is 0 Å². The van der Waals surface area contributed by atoms with Crippen LogP contribution in [0.3, 0.4) is 0 Å². The molecule has 0 spiro atoms. The summed E-state index contributed by atoms with van der Waals surface area (Å²) in [4.78, 5) is 20.9. The van der Waals surface area contributed by atoms with Crippen molar-refractivity contribution in [2.24, 2.45) is 5.11 Å². The van der Waals surface area contributed by atoms with Crippen molar-refractivity contribution in [3.05, 3.63) is 46.4 Å². The van der Waals surface area contributed by atoms with Crippen molar-refractivity contribution in [2.75, 3.05) is 0 Å². The largest absolute Gasteiger partial charge is 0.435 e. The molecule has 0 aliphatic heterocycles. The van der Waals surface area contributed by atoms with E-state index >= 15 is 0 Å². The molecule has 0 aliphatic carbocycles. The predicted octanol–water partition coefficient (Wildman–Crippen LogP) is 2.13. The maximum absolute atomic E-state index is 12.8. The van der Waals surface area contributed by atoms with Crippen LogP contribution < -0.4 is 0 Å². The molecule has 0 bridgehead atoms. The summed E-state index contributed by atoms with van der Waals surface area (Å²) in [7, 11) is 0. The van der Waals surface area contributed by atoms with Crippen LogP contribution in [0.1, 0.15) is 16.1 Å². The van der Waals surface area contributed by atoms with Gasteiger partial charge in [-0.25, -0.2) is 14.6 Å². The maximum Gasteiger partial charge on any atom is 0.435 e. The standard InChI is InChI=1S/C9H4F3N7O/c10-9(11,12)6-5(7(20)16-18-13)4-19(17-6)8-14-2-1-3-15-8/h1-4H. The van der Waals surface area contributed by atoms with Crippen molar-refractivity contribution < 1.29 is 18.0 Å². The number of aromatic nitrogens is 4. The highest BCUT2D eigenvalue weighted by Gasteiger charge is 2.39. The van der Waals surface area contributed by atoms with Gasteiger partial charge in [-0.05, 0) is 16.7 Å². The van der Waals surface area contributed by atoms with E-state index in [2.05, 4.69) is 25.1 Å². The molecule has 0 aromatic carbocycles. The van der Waals surface area contributed by atoms with Crippen LogP contribution >= 0.6 is 0 Å². The van der Waals surface area contributed by atoms with Crippen LogP contribution in [0, 0.1) is 0 Å². The first kappa shape index (κ1) is 13.5. The average Bonchev–Trinajstić information content (AvgIpc) is 2.85. The third-order valence-electron chi connectivity index (χ3n) is 2.11. The number of carbonyl (C=O) groups excluding carboxylic acids is 1. The summed E-state index contributed by atoms with van der Waals surface area (Å²) in [5.74, 6) is -1.54. The number of azide groups is 1. The van der Waals surface area contributed by atoms with Crippen molar-refractivity contribution in [2.45, 2.75) is 6.18 Å². The van der Waals surface area contributed by atoms with Crippen molar-refractivity contribution in [1.82, 2.24) is 19.7 Å². The van der Waals surface area contributed by atoms with Crippen LogP contribution in [0.4, 0.5) is 13.2 Å². The molecule has 102 valence electrons. The molecule has 2 heterocycles. The number of amides is 1. The SMILES string of the molecule is [N-]=[N+]=NC(=O)c1cn(-c2ncccn2)nc1C(F)(F)F. The Kier molecular flexibility index (Phi) is 3.36. The Morgan fingerprint density at radius 1 is 1.35 bits per heavy atom. The second-order valence-electron chi connectivity index (χ2n) is 3.38. The molecule has 0 atom stereocenters. The molecule has 8 nitrogen and oxygen atoms in total. The van der Waals surface area contributed by atoms with Gasteiger partial charge < -0.3 is 0 Å². The lowest BCUT2D eigenvalue weighted by atomic mass is 10.2. The second kappa shape index (κ2) is 4.97. The molecule has 11 heteroatoms. The highest BCUT2D eigenvalue weighted by molar-refractivity contribution is 5.96. The highest BCUT2D eigenvalue weighted by atomic mass is 19.4. The minimum atomic E-state index is -4.88. The zero-order valence-corrected chi connectivity index (χ0v) is 9.48. The van der Waals surface area contributed by atoms with Crippen LogP contribution in [0.2, 0.25) is 0 Å². The predicted molar refractivity (Wildman–Crippen MR) is 57.6 cm³/mol. The maximum atomic E-state index is 12.8. The summed E-state index contributed by atoms with van der Waals surface area (Å²) < 4.78 is 39.0. The molecule has 0 unspecified atom stereocenters. The molecule has 0 fully saturated rings. The summed E-state index contributed by atoms with van der Waals surface area (Å²) in [6.07, 6.45) is -1.52. The Labute approximate surface area is 108 Å². The van der Waals surface area contributed by atoms with Crippen molar-refractivity contribution >= 4 is 5.91 Å². The van der Waals surface area contributed by atoms with E-state index in [9.17, 15) is 18.0 Å². The first-order chi connectivity index (χ1) is 9.43. The summed E-state index contributed by atoms with van der Waals surface area (Å²) in [6.45, 7) is 0. The zero-order chi connectivity index (χ0) is 14.8. The molecule has 0 saturated heterocycles.